The summed E-state index contributed by atoms with van der Waals surface area (Å²) in [5.74, 6) is -0.883. The predicted molar refractivity (Wildman–Crippen MR) is 183 cm³/mol. The van der Waals surface area contributed by atoms with E-state index in [1.165, 1.54) is 9.91 Å². The monoisotopic (exact) mass is 664 g/mol. The van der Waals surface area contributed by atoms with Crippen molar-refractivity contribution in [2.45, 2.75) is 38.6 Å². The summed E-state index contributed by atoms with van der Waals surface area (Å²) >= 11 is 0. The number of aromatic nitrogens is 1. The maximum Gasteiger partial charge on any atom is 0.340 e. The average molecular weight is 665 g/mol. The van der Waals surface area contributed by atoms with E-state index >= 15 is 0 Å². The first-order valence-electron chi connectivity index (χ1n) is 16.3. The number of benzene rings is 3. The molecular formula is C37H40N6O6. The summed E-state index contributed by atoms with van der Waals surface area (Å²) < 4.78 is 7.14. The van der Waals surface area contributed by atoms with Gasteiger partial charge in [0.2, 0.25) is 11.8 Å². The highest BCUT2D eigenvalue weighted by molar-refractivity contribution is 6.05. The van der Waals surface area contributed by atoms with E-state index < -0.39 is 24.2 Å². The second-order valence-electron chi connectivity index (χ2n) is 12.2. The Morgan fingerprint density at radius 1 is 1.02 bits per heavy atom. The molecule has 2 aliphatic rings. The number of para-hydroxylation sites is 1. The van der Waals surface area contributed by atoms with Crippen LogP contribution in [0.5, 0.6) is 5.75 Å². The summed E-state index contributed by atoms with van der Waals surface area (Å²) in [6.07, 6.45) is 2.72. The minimum atomic E-state index is -0.922. The molecule has 6 rings (SSSR count). The Morgan fingerprint density at radius 3 is 2.49 bits per heavy atom. The normalized spacial score (nSPS) is 18.0. The van der Waals surface area contributed by atoms with Crippen LogP contribution in [-0.4, -0.2) is 91.8 Å². The third-order valence-corrected chi connectivity index (χ3v) is 8.97. The van der Waals surface area contributed by atoms with Gasteiger partial charge in [0.1, 0.15) is 18.0 Å². The number of amides is 4. The highest BCUT2D eigenvalue weighted by Gasteiger charge is 2.51. The van der Waals surface area contributed by atoms with Gasteiger partial charge in [-0.05, 0) is 35.7 Å². The molecule has 4 amide bonds. The molecule has 0 saturated carbocycles. The van der Waals surface area contributed by atoms with Crippen molar-refractivity contribution in [1.82, 2.24) is 29.7 Å². The second kappa shape index (κ2) is 14.2. The molecule has 49 heavy (non-hydrogen) atoms. The van der Waals surface area contributed by atoms with Crippen molar-refractivity contribution >= 4 is 34.7 Å². The number of nitrogens with zero attached hydrogens (tertiary/aromatic N) is 5. The second-order valence-corrected chi connectivity index (χ2v) is 12.2. The fourth-order valence-electron chi connectivity index (χ4n) is 6.81. The SMILES string of the molecule is C=CCN1CC(=O)N2[C@@H](Cc3ccc(O)cc3)C(=O)N(Cc3cccc4c(C(=O)OCC)cn(C)c34)C[C@@H]2N1C(=O)NCc1ccccc1. The fourth-order valence-corrected chi connectivity index (χ4v) is 6.81. The molecule has 0 radical (unpaired) electrons. The number of nitrogens with one attached hydrogen (secondary N) is 1. The van der Waals surface area contributed by atoms with Crippen LogP contribution in [0.1, 0.15) is 34.0 Å². The van der Waals surface area contributed by atoms with Gasteiger partial charge in [0.25, 0.3) is 0 Å². The largest absolute Gasteiger partial charge is 0.508 e. The third-order valence-electron chi connectivity index (χ3n) is 8.97. The zero-order valence-corrected chi connectivity index (χ0v) is 27.6. The number of hydrogen-bond donors (Lipinski definition) is 2. The molecule has 0 aliphatic carbocycles. The maximum atomic E-state index is 14.5. The molecule has 2 atom stereocenters. The van der Waals surface area contributed by atoms with E-state index in [1.54, 1.807) is 53.4 Å². The van der Waals surface area contributed by atoms with Gasteiger partial charge < -0.3 is 29.5 Å². The van der Waals surface area contributed by atoms with Gasteiger partial charge >= 0.3 is 12.0 Å². The Morgan fingerprint density at radius 2 is 1.78 bits per heavy atom. The van der Waals surface area contributed by atoms with Gasteiger partial charge in [0.05, 0.1) is 30.8 Å². The number of aryl methyl sites for hydroxylation is 1. The van der Waals surface area contributed by atoms with E-state index in [0.29, 0.717) is 10.9 Å². The van der Waals surface area contributed by atoms with Crippen molar-refractivity contribution in [3.05, 3.63) is 114 Å². The number of rotatable bonds is 10. The number of carbonyl (C=O) groups is 4. The summed E-state index contributed by atoms with van der Waals surface area (Å²) in [4.78, 5) is 58.4. The van der Waals surface area contributed by atoms with Crippen molar-refractivity contribution in [3.8, 4) is 5.75 Å². The van der Waals surface area contributed by atoms with Gasteiger partial charge in [-0.15, -0.1) is 6.58 Å². The number of piperazine rings is 1. The number of phenols is 1. The Labute approximate surface area is 284 Å². The number of ether oxygens (including phenoxy) is 1. The quantitative estimate of drug-likeness (QED) is 0.195. The fraction of sp³-hybridized carbons (Fsp3) is 0.297. The van der Waals surface area contributed by atoms with Gasteiger partial charge in [-0.2, -0.15) is 0 Å². The predicted octanol–water partition coefficient (Wildman–Crippen LogP) is 3.80. The number of urea groups is 1. The molecule has 3 aromatic carbocycles. The summed E-state index contributed by atoms with van der Waals surface area (Å²) in [6.45, 7) is 6.47. The van der Waals surface area contributed by atoms with Gasteiger partial charge in [-0.25, -0.2) is 19.6 Å². The molecular weight excluding hydrogens is 624 g/mol. The van der Waals surface area contributed by atoms with Crippen LogP contribution in [-0.2, 0) is 40.9 Å². The summed E-state index contributed by atoms with van der Waals surface area (Å²) in [6, 6.07) is 20.3. The lowest BCUT2D eigenvalue weighted by Crippen LogP contribution is -2.76. The number of esters is 1. The minimum absolute atomic E-state index is 0.0502. The van der Waals surface area contributed by atoms with Crippen LogP contribution in [0.15, 0.2) is 91.6 Å². The van der Waals surface area contributed by atoms with Crippen molar-refractivity contribution in [2.24, 2.45) is 7.05 Å². The molecule has 4 aromatic rings. The first-order valence-corrected chi connectivity index (χ1v) is 16.3. The molecule has 2 aliphatic heterocycles. The first kappa shape index (κ1) is 33.3. The van der Waals surface area contributed by atoms with Crippen LogP contribution >= 0.6 is 0 Å². The Kier molecular flexibility index (Phi) is 9.68. The van der Waals surface area contributed by atoms with Gasteiger partial charge in [0.15, 0.2) is 0 Å². The molecule has 0 unspecified atom stereocenters. The molecule has 2 N–H and O–H groups in total. The van der Waals surface area contributed by atoms with Crippen LogP contribution in [0.2, 0.25) is 0 Å². The maximum absolute atomic E-state index is 14.5. The standard InChI is InChI=1S/C37H40N6O6/c1-4-18-41-24-33(45)42-31(19-25-14-16-28(44)17-15-25)35(46)40(23-32(42)43(41)37(48)38-20-26-10-7-6-8-11-26)21-27-12-9-13-29-30(36(47)49-5-2)22-39(3)34(27)29/h4,6-17,22,31-32,44H,1,5,18-21,23-24H2,2-3H3,(H,38,48)/t31-,32-/m0/s1. The summed E-state index contributed by atoms with van der Waals surface area (Å²) in [5, 5.41) is 16.8. The minimum Gasteiger partial charge on any atom is -0.508 e. The number of phenolic OH excluding ortho intramolecular Hbond substituents is 1. The number of fused-ring (bicyclic) bond motifs is 2. The van der Waals surface area contributed by atoms with E-state index in [-0.39, 0.29) is 63.3 Å². The molecule has 254 valence electrons. The number of carbonyl (C=O) groups excluding carboxylic acids is 4. The first-order chi connectivity index (χ1) is 23.7. The zero-order valence-electron chi connectivity index (χ0n) is 27.6. The van der Waals surface area contributed by atoms with E-state index in [9.17, 15) is 24.3 Å². The molecule has 2 fully saturated rings. The number of hydrogen-bond acceptors (Lipinski definition) is 7. The Balaban J connectivity index is 1.38. The third kappa shape index (κ3) is 6.72. The average Bonchev–Trinajstić information content (AvgIpc) is 3.44. The smallest absolute Gasteiger partial charge is 0.340 e. The molecule has 1 aromatic heterocycles. The van der Waals surface area contributed by atoms with Crippen molar-refractivity contribution in [3.63, 3.8) is 0 Å². The van der Waals surface area contributed by atoms with Crippen molar-refractivity contribution < 1.29 is 29.0 Å². The highest BCUT2D eigenvalue weighted by Crippen LogP contribution is 2.32. The van der Waals surface area contributed by atoms with E-state index in [4.69, 9.17) is 4.74 Å². The summed E-state index contributed by atoms with van der Waals surface area (Å²) in [5.41, 5.74) is 3.68. The van der Waals surface area contributed by atoms with Gasteiger partial charge in [-0.1, -0.05) is 66.7 Å². The number of hydrazine groups is 1. The van der Waals surface area contributed by atoms with E-state index in [1.807, 2.05) is 60.1 Å². The Bertz CT molecular complexity index is 1870. The lowest BCUT2D eigenvalue weighted by atomic mass is 9.98. The lowest BCUT2D eigenvalue weighted by Gasteiger charge is -2.55. The van der Waals surface area contributed by atoms with Gasteiger partial charge in [-0.3, -0.25) is 9.59 Å². The lowest BCUT2D eigenvalue weighted by molar-refractivity contribution is -0.189. The van der Waals surface area contributed by atoms with Crippen LogP contribution in [0, 0.1) is 0 Å². The van der Waals surface area contributed by atoms with Gasteiger partial charge in [0, 0.05) is 44.7 Å². The highest BCUT2D eigenvalue weighted by atomic mass is 16.5. The van der Waals surface area contributed by atoms with Crippen LogP contribution in [0.3, 0.4) is 0 Å². The molecule has 0 bridgehead atoms. The van der Waals surface area contributed by atoms with E-state index in [2.05, 4.69) is 11.9 Å². The molecule has 2 saturated heterocycles. The molecule has 0 spiro atoms. The van der Waals surface area contributed by atoms with Crippen LogP contribution in [0.4, 0.5) is 4.79 Å². The van der Waals surface area contributed by atoms with E-state index in [0.717, 1.165) is 22.2 Å². The number of aromatic hydroxyl groups is 1. The molecule has 12 heteroatoms. The Hall–Kier alpha value is -5.62. The van der Waals surface area contributed by atoms with Crippen LogP contribution < -0.4 is 5.32 Å². The zero-order chi connectivity index (χ0) is 34.7. The van der Waals surface area contributed by atoms with Crippen LogP contribution in [0.25, 0.3) is 10.9 Å². The summed E-state index contributed by atoms with van der Waals surface area (Å²) in [7, 11) is 1.84. The van der Waals surface area contributed by atoms with Crippen molar-refractivity contribution in [1.29, 1.82) is 0 Å². The molecule has 12 nitrogen and oxygen atoms in total. The van der Waals surface area contributed by atoms with Crippen molar-refractivity contribution in [2.75, 3.05) is 26.2 Å². The molecule has 3 heterocycles. The topological polar surface area (TPSA) is 128 Å².